The highest BCUT2D eigenvalue weighted by Gasteiger charge is 2.18. The lowest BCUT2D eigenvalue weighted by Crippen LogP contribution is -2.22. The zero-order chi connectivity index (χ0) is 19.5. The van der Waals surface area contributed by atoms with Crippen LogP contribution >= 0.6 is 11.6 Å². The van der Waals surface area contributed by atoms with Gasteiger partial charge in [0, 0.05) is 19.7 Å². The minimum Gasteiger partial charge on any atom is -0.465 e. The van der Waals surface area contributed by atoms with Crippen LogP contribution in [-0.2, 0) is 14.8 Å². The number of rotatable bonds is 5. The summed E-state index contributed by atoms with van der Waals surface area (Å²) in [4.78, 5) is 24.0. The Morgan fingerprint density at radius 3 is 2.15 bits per heavy atom. The van der Waals surface area contributed by atoms with E-state index in [-0.39, 0.29) is 26.7 Å². The summed E-state index contributed by atoms with van der Waals surface area (Å²) in [5, 5.41) is 2.84. The van der Waals surface area contributed by atoms with E-state index in [1.54, 1.807) is 0 Å². The Bertz CT molecular complexity index is 940. The number of amides is 1. The Kier molecular flexibility index (Phi) is 6.01. The van der Waals surface area contributed by atoms with Crippen molar-refractivity contribution in [2.45, 2.75) is 4.90 Å². The van der Waals surface area contributed by atoms with Crippen LogP contribution in [0.4, 0.5) is 5.69 Å². The second-order valence-corrected chi connectivity index (χ2v) is 8.01. The molecule has 0 bridgehead atoms. The third-order valence-corrected chi connectivity index (χ3v) is 5.69. The third-order valence-electron chi connectivity index (χ3n) is 3.53. The van der Waals surface area contributed by atoms with E-state index in [0.29, 0.717) is 0 Å². The molecule has 0 atom stereocenters. The van der Waals surface area contributed by atoms with E-state index in [9.17, 15) is 18.0 Å². The van der Waals surface area contributed by atoms with Crippen molar-refractivity contribution < 1.29 is 22.7 Å². The first-order valence-corrected chi connectivity index (χ1v) is 9.20. The van der Waals surface area contributed by atoms with E-state index in [1.807, 2.05) is 0 Å². The number of nitrogens with one attached hydrogen (secondary N) is 1. The number of ether oxygens (including phenoxy) is 1. The number of carbonyl (C=O) groups excluding carboxylic acids is 2. The average Bonchev–Trinajstić information content (AvgIpc) is 2.62. The molecule has 0 aliphatic heterocycles. The van der Waals surface area contributed by atoms with Crippen LogP contribution < -0.4 is 5.32 Å². The van der Waals surface area contributed by atoms with Crippen LogP contribution in [0.1, 0.15) is 20.7 Å². The van der Waals surface area contributed by atoms with Crippen LogP contribution in [-0.4, -0.2) is 45.8 Å². The van der Waals surface area contributed by atoms with E-state index in [2.05, 4.69) is 10.1 Å². The zero-order valence-corrected chi connectivity index (χ0v) is 15.9. The topological polar surface area (TPSA) is 92.8 Å². The first-order chi connectivity index (χ1) is 12.2. The van der Waals surface area contributed by atoms with Gasteiger partial charge in [0.2, 0.25) is 10.0 Å². The molecule has 9 heteroatoms. The van der Waals surface area contributed by atoms with Gasteiger partial charge >= 0.3 is 5.97 Å². The molecule has 0 unspecified atom stereocenters. The fourth-order valence-electron chi connectivity index (χ4n) is 2.05. The predicted octanol–water partition coefficient (Wildman–Crippen LogP) is 2.63. The molecule has 7 nitrogen and oxygen atoms in total. The number of halogens is 1. The quantitative estimate of drug-likeness (QED) is 0.784. The SMILES string of the molecule is COC(=O)c1ccc(Cl)c(NC(=O)c2ccc(S(=O)(=O)N(C)C)cc2)c1. The number of benzene rings is 2. The molecule has 2 aromatic rings. The summed E-state index contributed by atoms with van der Waals surface area (Å²) in [7, 11) is 0.520. The summed E-state index contributed by atoms with van der Waals surface area (Å²) in [6.07, 6.45) is 0. The molecule has 1 amide bonds. The maximum Gasteiger partial charge on any atom is 0.337 e. The molecule has 0 radical (unpaired) electrons. The summed E-state index contributed by atoms with van der Waals surface area (Å²) >= 11 is 6.04. The number of esters is 1. The summed E-state index contributed by atoms with van der Waals surface area (Å²) in [5.74, 6) is -1.06. The van der Waals surface area contributed by atoms with Gasteiger partial charge in [0.1, 0.15) is 0 Å². The lowest BCUT2D eigenvalue weighted by Gasteiger charge is -2.12. The molecule has 0 saturated heterocycles. The number of hydrogen-bond acceptors (Lipinski definition) is 5. The molecule has 0 spiro atoms. The fraction of sp³-hybridized carbons (Fsp3) is 0.176. The third kappa shape index (κ3) is 4.21. The van der Waals surface area contributed by atoms with Crippen LogP contribution in [0.5, 0.6) is 0 Å². The van der Waals surface area contributed by atoms with Gasteiger partial charge in [0.15, 0.2) is 0 Å². The van der Waals surface area contributed by atoms with Crippen LogP contribution in [0.3, 0.4) is 0 Å². The van der Waals surface area contributed by atoms with Gasteiger partial charge < -0.3 is 10.1 Å². The molecule has 2 rings (SSSR count). The minimum atomic E-state index is -3.57. The van der Waals surface area contributed by atoms with Gasteiger partial charge in [-0.3, -0.25) is 4.79 Å². The number of sulfonamides is 1. The highest BCUT2D eigenvalue weighted by Crippen LogP contribution is 2.24. The van der Waals surface area contributed by atoms with Gasteiger partial charge in [-0.15, -0.1) is 0 Å². The maximum absolute atomic E-state index is 12.4. The summed E-state index contributed by atoms with van der Waals surface area (Å²) in [6, 6.07) is 9.82. The lowest BCUT2D eigenvalue weighted by atomic mass is 10.1. The lowest BCUT2D eigenvalue weighted by molar-refractivity contribution is 0.0600. The van der Waals surface area contributed by atoms with Crippen molar-refractivity contribution in [1.82, 2.24) is 4.31 Å². The molecule has 0 saturated carbocycles. The number of anilines is 1. The second-order valence-electron chi connectivity index (χ2n) is 5.45. The monoisotopic (exact) mass is 396 g/mol. The highest BCUT2D eigenvalue weighted by molar-refractivity contribution is 7.89. The number of hydrogen-bond donors (Lipinski definition) is 1. The van der Waals surface area contributed by atoms with Crippen molar-refractivity contribution in [3.63, 3.8) is 0 Å². The molecule has 1 N–H and O–H groups in total. The first kappa shape index (κ1) is 19.9. The van der Waals surface area contributed by atoms with E-state index < -0.39 is 21.9 Å². The zero-order valence-electron chi connectivity index (χ0n) is 14.3. The molecule has 26 heavy (non-hydrogen) atoms. The summed E-state index contributed by atoms with van der Waals surface area (Å²) < 4.78 is 29.8. The van der Waals surface area contributed by atoms with Gasteiger partial charge in [-0.2, -0.15) is 0 Å². The van der Waals surface area contributed by atoms with Crippen molar-refractivity contribution in [3.05, 3.63) is 58.6 Å². The van der Waals surface area contributed by atoms with E-state index in [0.717, 1.165) is 4.31 Å². The molecular weight excluding hydrogens is 380 g/mol. The van der Waals surface area contributed by atoms with Crippen molar-refractivity contribution >= 4 is 39.2 Å². The molecule has 0 aromatic heterocycles. The largest absolute Gasteiger partial charge is 0.465 e. The maximum atomic E-state index is 12.4. The van der Waals surface area contributed by atoms with Gasteiger partial charge in [-0.05, 0) is 42.5 Å². The number of carbonyl (C=O) groups is 2. The summed E-state index contributed by atoms with van der Waals surface area (Å²) in [5.41, 5.74) is 0.714. The smallest absolute Gasteiger partial charge is 0.337 e. The molecule has 0 fully saturated rings. The molecule has 2 aromatic carbocycles. The van der Waals surface area contributed by atoms with Crippen molar-refractivity contribution in [2.75, 3.05) is 26.5 Å². The molecule has 0 aliphatic carbocycles. The predicted molar refractivity (Wildman–Crippen MR) is 98.1 cm³/mol. The average molecular weight is 397 g/mol. The Labute approximate surface area is 156 Å². The van der Waals surface area contributed by atoms with Crippen LogP contribution in [0.15, 0.2) is 47.4 Å². The molecule has 0 heterocycles. The van der Waals surface area contributed by atoms with Gasteiger partial charge in [0.05, 0.1) is 28.3 Å². The normalized spacial score (nSPS) is 11.3. The van der Waals surface area contributed by atoms with E-state index in [4.69, 9.17) is 11.6 Å². The van der Waals surface area contributed by atoms with Crippen molar-refractivity contribution in [1.29, 1.82) is 0 Å². The standard InChI is InChI=1S/C17H17ClN2O5S/c1-20(2)26(23,24)13-7-4-11(5-8-13)16(21)19-15-10-12(17(22)25-3)6-9-14(15)18/h4-10H,1-3H3,(H,19,21). The Morgan fingerprint density at radius 2 is 1.62 bits per heavy atom. The molecular formula is C17H17ClN2O5S. The van der Waals surface area contributed by atoms with Crippen LogP contribution in [0.2, 0.25) is 5.02 Å². The summed E-state index contributed by atoms with van der Waals surface area (Å²) in [6.45, 7) is 0. The van der Waals surface area contributed by atoms with Crippen LogP contribution in [0.25, 0.3) is 0 Å². The van der Waals surface area contributed by atoms with E-state index >= 15 is 0 Å². The van der Waals surface area contributed by atoms with Crippen molar-refractivity contribution in [2.24, 2.45) is 0 Å². The minimum absolute atomic E-state index is 0.0739. The Balaban J connectivity index is 2.24. The molecule has 0 aliphatic rings. The van der Waals surface area contributed by atoms with Gasteiger partial charge in [-0.1, -0.05) is 11.6 Å². The van der Waals surface area contributed by atoms with Crippen LogP contribution in [0, 0.1) is 0 Å². The second kappa shape index (κ2) is 7.86. The van der Waals surface area contributed by atoms with Gasteiger partial charge in [0.25, 0.3) is 5.91 Å². The fourth-order valence-corrected chi connectivity index (χ4v) is 3.12. The Hall–Kier alpha value is -2.42. The molecule has 138 valence electrons. The first-order valence-electron chi connectivity index (χ1n) is 7.38. The Morgan fingerprint density at radius 1 is 1.04 bits per heavy atom. The highest BCUT2D eigenvalue weighted by atomic mass is 35.5. The number of nitrogens with zero attached hydrogens (tertiary/aromatic N) is 1. The number of methoxy groups -OCH3 is 1. The van der Waals surface area contributed by atoms with E-state index in [1.165, 1.54) is 63.7 Å². The van der Waals surface area contributed by atoms with Gasteiger partial charge in [-0.25, -0.2) is 17.5 Å². The van der Waals surface area contributed by atoms with Crippen molar-refractivity contribution in [3.8, 4) is 0 Å².